The number of methoxy groups -OCH3 is 2. The van der Waals surface area contributed by atoms with E-state index in [1.165, 1.54) is 7.11 Å². The monoisotopic (exact) mass is 336 g/mol. The van der Waals surface area contributed by atoms with Crippen molar-refractivity contribution in [1.82, 2.24) is 10.6 Å². The third-order valence-corrected chi connectivity index (χ3v) is 4.42. The molecule has 7 nitrogen and oxygen atoms in total. The van der Waals surface area contributed by atoms with Crippen LogP contribution in [-0.4, -0.2) is 58.3 Å². The second-order valence-corrected chi connectivity index (χ2v) is 6.00. The molecule has 132 valence electrons. The maximum absolute atomic E-state index is 11.7. The van der Waals surface area contributed by atoms with E-state index >= 15 is 0 Å². The zero-order chi connectivity index (χ0) is 17.1. The summed E-state index contributed by atoms with van der Waals surface area (Å²) in [5.41, 5.74) is 1.43. The SMILES string of the molecule is COC(=O)c1ccc([C@H](C)NC2OC2[C@H]2COCCN2)cc1OC. The van der Waals surface area contributed by atoms with Gasteiger partial charge in [-0.15, -0.1) is 0 Å². The van der Waals surface area contributed by atoms with E-state index in [9.17, 15) is 4.79 Å². The Morgan fingerprint density at radius 1 is 1.42 bits per heavy atom. The second-order valence-electron chi connectivity index (χ2n) is 6.00. The molecular formula is C17H24N2O5. The van der Waals surface area contributed by atoms with Crippen LogP contribution in [0.15, 0.2) is 18.2 Å². The maximum Gasteiger partial charge on any atom is 0.341 e. The van der Waals surface area contributed by atoms with Crippen molar-refractivity contribution in [3.05, 3.63) is 29.3 Å². The zero-order valence-corrected chi connectivity index (χ0v) is 14.2. The highest BCUT2D eigenvalue weighted by atomic mass is 16.6. The van der Waals surface area contributed by atoms with E-state index < -0.39 is 5.97 Å². The number of esters is 1. The number of hydrogen-bond donors (Lipinski definition) is 2. The molecule has 24 heavy (non-hydrogen) atoms. The van der Waals surface area contributed by atoms with E-state index in [1.807, 2.05) is 12.1 Å². The minimum Gasteiger partial charge on any atom is -0.496 e. The lowest BCUT2D eigenvalue weighted by Gasteiger charge is -2.22. The topological polar surface area (TPSA) is 81.4 Å². The Morgan fingerprint density at radius 3 is 2.92 bits per heavy atom. The lowest BCUT2D eigenvalue weighted by atomic mass is 10.0. The van der Waals surface area contributed by atoms with Gasteiger partial charge in [-0.05, 0) is 24.6 Å². The van der Waals surface area contributed by atoms with Gasteiger partial charge in [-0.3, -0.25) is 5.32 Å². The molecule has 7 heteroatoms. The van der Waals surface area contributed by atoms with Crippen LogP contribution in [0.3, 0.4) is 0 Å². The molecule has 2 saturated heterocycles. The summed E-state index contributed by atoms with van der Waals surface area (Å²) >= 11 is 0. The third kappa shape index (κ3) is 3.70. The molecule has 2 aliphatic rings. The Hall–Kier alpha value is -1.67. The molecular weight excluding hydrogens is 312 g/mol. The van der Waals surface area contributed by atoms with E-state index in [0.29, 0.717) is 17.9 Å². The van der Waals surface area contributed by atoms with Crippen molar-refractivity contribution in [1.29, 1.82) is 0 Å². The van der Waals surface area contributed by atoms with Gasteiger partial charge in [0.15, 0.2) is 0 Å². The van der Waals surface area contributed by atoms with Crippen LogP contribution in [0.4, 0.5) is 0 Å². The van der Waals surface area contributed by atoms with Crippen LogP contribution in [0.25, 0.3) is 0 Å². The van der Waals surface area contributed by atoms with E-state index in [4.69, 9.17) is 18.9 Å². The molecule has 0 spiro atoms. The molecule has 3 rings (SSSR count). The molecule has 0 aromatic heterocycles. The number of hydrogen-bond acceptors (Lipinski definition) is 7. The van der Waals surface area contributed by atoms with Crippen LogP contribution < -0.4 is 15.4 Å². The number of epoxide rings is 1. The van der Waals surface area contributed by atoms with Crippen molar-refractivity contribution >= 4 is 5.97 Å². The van der Waals surface area contributed by atoms with E-state index in [-0.39, 0.29) is 24.4 Å². The van der Waals surface area contributed by atoms with Crippen molar-refractivity contribution in [3.8, 4) is 5.75 Å². The fraction of sp³-hybridized carbons (Fsp3) is 0.588. The van der Waals surface area contributed by atoms with Crippen LogP contribution in [0.2, 0.25) is 0 Å². The van der Waals surface area contributed by atoms with Gasteiger partial charge in [-0.25, -0.2) is 4.79 Å². The molecule has 0 radical (unpaired) electrons. The minimum absolute atomic E-state index is 0.00507. The lowest BCUT2D eigenvalue weighted by Crippen LogP contribution is -2.46. The highest BCUT2D eigenvalue weighted by molar-refractivity contribution is 5.92. The van der Waals surface area contributed by atoms with Crippen LogP contribution in [0.1, 0.15) is 28.9 Å². The molecule has 2 unspecified atom stereocenters. The quantitative estimate of drug-likeness (QED) is 0.589. The fourth-order valence-corrected chi connectivity index (χ4v) is 2.96. The van der Waals surface area contributed by atoms with E-state index in [0.717, 1.165) is 18.7 Å². The number of carbonyl (C=O) groups excluding carboxylic acids is 1. The average molecular weight is 336 g/mol. The van der Waals surface area contributed by atoms with Crippen molar-refractivity contribution in [2.24, 2.45) is 0 Å². The Kier molecular flexibility index (Phi) is 5.35. The molecule has 2 heterocycles. The third-order valence-electron chi connectivity index (χ3n) is 4.42. The summed E-state index contributed by atoms with van der Waals surface area (Å²) in [4.78, 5) is 11.7. The molecule has 2 fully saturated rings. The summed E-state index contributed by atoms with van der Waals surface area (Å²) in [7, 11) is 2.89. The number of nitrogens with one attached hydrogen (secondary N) is 2. The van der Waals surface area contributed by atoms with Gasteiger partial charge < -0.3 is 24.3 Å². The van der Waals surface area contributed by atoms with Gasteiger partial charge in [-0.2, -0.15) is 0 Å². The first-order valence-corrected chi connectivity index (χ1v) is 8.13. The number of rotatable bonds is 6. The molecule has 2 N–H and O–H groups in total. The van der Waals surface area contributed by atoms with E-state index in [1.54, 1.807) is 13.2 Å². The molecule has 2 aliphatic heterocycles. The molecule has 0 bridgehead atoms. The summed E-state index contributed by atoms with van der Waals surface area (Å²) in [6.45, 7) is 4.35. The standard InChI is InChI=1S/C17H24N2O5/c1-10(19-16-15(24-16)13-9-23-7-6-18-13)11-4-5-12(17(20)22-3)14(8-11)21-2/h4-5,8,10,13,15-16,18-19H,6-7,9H2,1-3H3/t10-,13+,15?,16?/m0/s1. The number of morpholine rings is 1. The molecule has 0 aliphatic carbocycles. The van der Waals surface area contributed by atoms with Crippen LogP contribution >= 0.6 is 0 Å². The number of ether oxygens (including phenoxy) is 4. The smallest absolute Gasteiger partial charge is 0.341 e. The maximum atomic E-state index is 11.7. The highest BCUT2D eigenvalue weighted by Gasteiger charge is 2.46. The number of carbonyl (C=O) groups is 1. The van der Waals surface area contributed by atoms with Gasteiger partial charge in [0.05, 0.1) is 33.5 Å². The Labute approximate surface area is 141 Å². The first kappa shape index (κ1) is 17.2. The van der Waals surface area contributed by atoms with Gasteiger partial charge in [0.1, 0.15) is 23.6 Å². The average Bonchev–Trinajstić information content (AvgIpc) is 3.40. The Morgan fingerprint density at radius 2 is 2.25 bits per heavy atom. The van der Waals surface area contributed by atoms with Gasteiger partial charge in [0.25, 0.3) is 0 Å². The van der Waals surface area contributed by atoms with E-state index in [2.05, 4.69) is 17.6 Å². The van der Waals surface area contributed by atoms with Crippen molar-refractivity contribution in [2.45, 2.75) is 31.3 Å². The normalized spacial score (nSPS) is 27.4. The molecule has 4 atom stereocenters. The predicted octanol–water partition coefficient (Wildman–Crippen LogP) is 0.846. The molecule has 1 aromatic carbocycles. The largest absolute Gasteiger partial charge is 0.496 e. The summed E-state index contributed by atoms with van der Waals surface area (Å²) in [6.07, 6.45) is 0.134. The second kappa shape index (κ2) is 7.48. The first-order valence-electron chi connectivity index (χ1n) is 8.13. The fourth-order valence-electron chi connectivity index (χ4n) is 2.96. The van der Waals surface area contributed by atoms with Crippen molar-refractivity contribution < 1.29 is 23.7 Å². The van der Waals surface area contributed by atoms with Gasteiger partial charge in [-0.1, -0.05) is 6.07 Å². The van der Waals surface area contributed by atoms with Crippen LogP contribution in [-0.2, 0) is 14.2 Å². The summed E-state index contributed by atoms with van der Waals surface area (Å²) in [5, 5.41) is 6.85. The van der Waals surface area contributed by atoms with Crippen LogP contribution in [0.5, 0.6) is 5.75 Å². The highest BCUT2D eigenvalue weighted by Crippen LogP contribution is 2.29. The lowest BCUT2D eigenvalue weighted by molar-refractivity contribution is 0.0597. The summed E-state index contributed by atoms with van der Waals surface area (Å²) < 4.78 is 21.3. The molecule has 1 aromatic rings. The van der Waals surface area contributed by atoms with Gasteiger partial charge in [0, 0.05) is 12.6 Å². The summed E-state index contributed by atoms with van der Waals surface area (Å²) in [5.74, 6) is 0.0941. The summed E-state index contributed by atoms with van der Waals surface area (Å²) in [6, 6.07) is 5.76. The van der Waals surface area contributed by atoms with Crippen LogP contribution in [0, 0.1) is 0 Å². The molecule has 0 saturated carbocycles. The Balaban J connectivity index is 1.61. The number of benzene rings is 1. The van der Waals surface area contributed by atoms with Gasteiger partial charge in [0.2, 0.25) is 0 Å². The molecule has 0 amide bonds. The Bertz CT molecular complexity index is 588. The minimum atomic E-state index is -0.409. The predicted molar refractivity (Wildman–Crippen MR) is 87.2 cm³/mol. The zero-order valence-electron chi connectivity index (χ0n) is 14.2. The van der Waals surface area contributed by atoms with Crippen molar-refractivity contribution in [2.75, 3.05) is 34.0 Å². The first-order chi connectivity index (χ1) is 11.6. The van der Waals surface area contributed by atoms with Gasteiger partial charge >= 0.3 is 5.97 Å². The van der Waals surface area contributed by atoms with Crippen molar-refractivity contribution in [3.63, 3.8) is 0 Å².